The molecule has 1 aliphatic rings. The maximum absolute atomic E-state index is 12.2. The summed E-state index contributed by atoms with van der Waals surface area (Å²) in [5, 5.41) is 10.6. The van der Waals surface area contributed by atoms with Crippen molar-refractivity contribution < 1.29 is 4.79 Å². The fraction of sp³-hybridized carbons (Fsp3) is 0.462. The van der Waals surface area contributed by atoms with Crippen molar-refractivity contribution in [2.24, 2.45) is 0 Å². The molecule has 0 bridgehead atoms. The summed E-state index contributed by atoms with van der Waals surface area (Å²) < 4.78 is 4.78. The topological polar surface area (TPSA) is 64.7 Å². The van der Waals surface area contributed by atoms with Crippen molar-refractivity contribution in [3.05, 3.63) is 34.8 Å². The number of aryl methyl sites for hydroxylation is 1. The molecule has 1 fully saturated rings. The summed E-state index contributed by atoms with van der Waals surface area (Å²) >= 11 is 3.44. The van der Waals surface area contributed by atoms with Crippen LogP contribution in [0.15, 0.2) is 29.1 Å². The highest BCUT2D eigenvalue weighted by molar-refractivity contribution is 9.10. The number of nitrogens with one attached hydrogen (secondary N) is 1. The van der Waals surface area contributed by atoms with Crippen LogP contribution >= 0.6 is 15.9 Å². The monoisotopic (exact) mass is 337 g/mol. The molecule has 0 saturated heterocycles. The summed E-state index contributed by atoms with van der Waals surface area (Å²) in [4.78, 5) is 12.2. The van der Waals surface area contributed by atoms with E-state index in [9.17, 15) is 4.79 Å². The van der Waals surface area contributed by atoms with Gasteiger partial charge in [-0.25, -0.2) is 0 Å². The molecule has 0 unspecified atom stereocenters. The Bertz CT molecular complexity index is 588. The van der Waals surface area contributed by atoms with E-state index >= 15 is 0 Å². The van der Waals surface area contributed by atoms with Crippen LogP contribution in [0.5, 0.6) is 0 Å². The lowest BCUT2D eigenvalue weighted by Crippen LogP contribution is -2.27. The molecule has 6 nitrogen and oxygen atoms in total. The molecule has 20 heavy (non-hydrogen) atoms. The van der Waals surface area contributed by atoms with Gasteiger partial charge in [-0.3, -0.25) is 9.48 Å². The first-order chi connectivity index (χ1) is 9.74. The van der Waals surface area contributed by atoms with E-state index in [0.717, 1.165) is 36.0 Å². The SMILES string of the molecule is O=C(NCCCn1ccnn1)c1cc(Br)cn1C1CC1. The van der Waals surface area contributed by atoms with Crippen molar-refractivity contribution in [2.75, 3.05) is 6.54 Å². The lowest BCUT2D eigenvalue weighted by atomic mass is 10.3. The Kier molecular flexibility index (Phi) is 3.86. The smallest absolute Gasteiger partial charge is 0.267 e. The molecule has 2 aromatic heterocycles. The first-order valence-corrected chi connectivity index (χ1v) is 7.53. The predicted octanol–water partition coefficient (Wildman–Crippen LogP) is 2.00. The van der Waals surface area contributed by atoms with E-state index < -0.39 is 0 Å². The van der Waals surface area contributed by atoms with Gasteiger partial charge in [-0.15, -0.1) is 5.10 Å². The molecule has 0 aliphatic heterocycles. The highest BCUT2D eigenvalue weighted by Crippen LogP contribution is 2.37. The van der Waals surface area contributed by atoms with Gasteiger partial charge >= 0.3 is 0 Å². The minimum atomic E-state index is -0.0128. The van der Waals surface area contributed by atoms with Crippen LogP contribution in [0.2, 0.25) is 0 Å². The maximum atomic E-state index is 12.2. The predicted molar refractivity (Wildman–Crippen MR) is 77.4 cm³/mol. The summed E-state index contributed by atoms with van der Waals surface area (Å²) in [6.07, 6.45) is 8.61. The Morgan fingerprint density at radius 3 is 3.05 bits per heavy atom. The van der Waals surface area contributed by atoms with Gasteiger partial charge < -0.3 is 9.88 Å². The third-order valence-corrected chi connectivity index (χ3v) is 3.74. The second-order valence-electron chi connectivity index (χ2n) is 4.96. The van der Waals surface area contributed by atoms with Gasteiger partial charge in [0.25, 0.3) is 5.91 Å². The minimum absolute atomic E-state index is 0.0128. The summed E-state index contributed by atoms with van der Waals surface area (Å²) in [5.41, 5.74) is 0.736. The molecule has 2 aromatic rings. The zero-order valence-electron chi connectivity index (χ0n) is 11.0. The van der Waals surface area contributed by atoms with Crippen molar-refractivity contribution in [1.82, 2.24) is 24.9 Å². The van der Waals surface area contributed by atoms with Crippen molar-refractivity contribution >= 4 is 21.8 Å². The molecule has 2 heterocycles. The van der Waals surface area contributed by atoms with E-state index in [0.29, 0.717) is 12.6 Å². The van der Waals surface area contributed by atoms with Crippen molar-refractivity contribution in [1.29, 1.82) is 0 Å². The van der Waals surface area contributed by atoms with Crippen LogP contribution in [0.1, 0.15) is 35.8 Å². The first kappa shape index (κ1) is 13.4. The number of hydrogen-bond donors (Lipinski definition) is 1. The minimum Gasteiger partial charge on any atom is -0.351 e. The van der Waals surface area contributed by atoms with E-state index in [4.69, 9.17) is 0 Å². The molecule has 106 valence electrons. The number of carbonyl (C=O) groups is 1. The van der Waals surface area contributed by atoms with Crippen LogP contribution < -0.4 is 5.32 Å². The number of nitrogens with zero attached hydrogens (tertiary/aromatic N) is 4. The Balaban J connectivity index is 1.51. The number of halogens is 1. The van der Waals surface area contributed by atoms with Gasteiger partial charge in [0.15, 0.2) is 0 Å². The van der Waals surface area contributed by atoms with Gasteiger partial charge in [0, 0.05) is 36.0 Å². The molecule has 0 spiro atoms. The fourth-order valence-electron chi connectivity index (χ4n) is 2.17. The van der Waals surface area contributed by atoms with Gasteiger partial charge in [0.05, 0.1) is 6.20 Å². The Morgan fingerprint density at radius 2 is 2.35 bits per heavy atom. The lowest BCUT2D eigenvalue weighted by molar-refractivity contribution is 0.0943. The normalized spacial score (nSPS) is 14.4. The third kappa shape index (κ3) is 3.09. The number of carbonyl (C=O) groups excluding carboxylic acids is 1. The highest BCUT2D eigenvalue weighted by Gasteiger charge is 2.27. The van der Waals surface area contributed by atoms with Crippen molar-refractivity contribution in [3.8, 4) is 0 Å². The molecular weight excluding hydrogens is 322 g/mol. The van der Waals surface area contributed by atoms with Gasteiger partial charge in [0.1, 0.15) is 5.69 Å². The molecule has 0 aromatic carbocycles. The van der Waals surface area contributed by atoms with Crippen LogP contribution in [0.3, 0.4) is 0 Å². The Morgan fingerprint density at radius 1 is 1.50 bits per heavy atom. The lowest BCUT2D eigenvalue weighted by Gasteiger charge is -2.08. The van der Waals surface area contributed by atoms with E-state index in [1.165, 1.54) is 0 Å². The standard InChI is InChI=1S/C13H16BrN5O/c14-10-8-12(19(9-10)11-2-3-11)13(20)15-4-1-6-18-7-5-16-17-18/h5,7-9,11H,1-4,6H2,(H,15,20). The summed E-state index contributed by atoms with van der Waals surface area (Å²) in [7, 11) is 0. The zero-order valence-corrected chi connectivity index (χ0v) is 12.6. The fourth-order valence-corrected chi connectivity index (χ4v) is 2.61. The molecule has 0 atom stereocenters. The number of hydrogen-bond acceptors (Lipinski definition) is 3. The van der Waals surface area contributed by atoms with Crippen molar-refractivity contribution in [3.63, 3.8) is 0 Å². The van der Waals surface area contributed by atoms with Gasteiger partial charge in [-0.2, -0.15) is 0 Å². The molecule has 1 saturated carbocycles. The van der Waals surface area contributed by atoms with Crippen LogP contribution in [0, 0.1) is 0 Å². The molecule has 1 amide bonds. The molecule has 0 radical (unpaired) electrons. The average Bonchev–Trinajstić information content (AvgIpc) is 3.00. The van der Waals surface area contributed by atoms with Gasteiger partial charge in [-0.05, 0) is 41.3 Å². The van der Waals surface area contributed by atoms with Crippen LogP contribution in [-0.4, -0.2) is 32.0 Å². The van der Waals surface area contributed by atoms with Crippen LogP contribution in [0.25, 0.3) is 0 Å². The highest BCUT2D eigenvalue weighted by atomic mass is 79.9. The molecular formula is C13H16BrN5O. The third-order valence-electron chi connectivity index (χ3n) is 3.31. The zero-order chi connectivity index (χ0) is 13.9. The summed E-state index contributed by atoms with van der Waals surface area (Å²) in [6, 6.07) is 2.38. The number of rotatable bonds is 6. The first-order valence-electron chi connectivity index (χ1n) is 6.74. The second-order valence-corrected chi connectivity index (χ2v) is 5.87. The van der Waals surface area contributed by atoms with Crippen LogP contribution in [0.4, 0.5) is 0 Å². The van der Waals surface area contributed by atoms with Crippen LogP contribution in [-0.2, 0) is 6.54 Å². The molecule has 1 aliphatic carbocycles. The van der Waals surface area contributed by atoms with E-state index in [-0.39, 0.29) is 5.91 Å². The number of aromatic nitrogens is 4. The Labute approximate surface area is 125 Å². The van der Waals surface area contributed by atoms with E-state index in [2.05, 4.69) is 36.1 Å². The summed E-state index contributed by atoms with van der Waals surface area (Å²) in [5.74, 6) is -0.0128. The Hall–Kier alpha value is -1.63. The largest absolute Gasteiger partial charge is 0.351 e. The van der Waals surface area contributed by atoms with Crippen molar-refractivity contribution in [2.45, 2.75) is 31.8 Å². The van der Waals surface area contributed by atoms with E-state index in [1.54, 1.807) is 10.9 Å². The summed E-state index contributed by atoms with van der Waals surface area (Å²) in [6.45, 7) is 1.39. The maximum Gasteiger partial charge on any atom is 0.267 e. The van der Waals surface area contributed by atoms with Gasteiger partial charge in [0.2, 0.25) is 0 Å². The quantitative estimate of drug-likeness (QED) is 0.820. The average molecular weight is 338 g/mol. The second kappa shape index (κ2) is 5.78. The van der Waals surface area contributed by atoms with E-state index in [1.807, 2.05) is 18.5 Å². The molecule has 3 rings (SSSR count). The van der Waals surface area contributed by atoms with Gasteiger partial charge in [-0.1, -0.05) is 5.21 Å². The molecule has 7 heteroatoms. The molecule has 1 N–H and O–H groups in total. The number of amides is 1.